The Labute approximate surface area is 138 Å². The molecule has 24 heavy (non-hydrogen) atoms. The number of nitrogens with one attached hydrogen (secondary N) is 1. The molecule has 2 aromatic carbocycles. The fourth-order valence-corrected chi connectivity index (χ4v) is 1.98. The number of hydroxylamine groups is 1. The summed E-state index contributed by atoms with van der Waals surface area (Å²) < 4.78 is 14.0. The molecule has 0 aliphatic rings. The molecule has 6 nitrogen and oxygen atoms in total. The third-order valence-electron chi connectivity index (χ3n) is 3.26. The SMILES string of the molecule is CCN(N=Cc1ccc(C(=O)NO)cc1F)C(=O)c1ccccc1. The van der Waals surface area contributed by atoms with Crippen LogP contribution in [0.4, 0.5) is 4.39 Å². The van der Waals surface area contributed by atoms with Crippen LogP contribution in [0.2, 0.25) is 0 Å². The molecule has 124 valence electrons. The van der Waals surface area contributed by atoms with Crippen molar-refractivity contribution in [1.29, 1.82) is 0 Å². The van der Waals surface area contributed by atoms with E-state index in [-0.39, 0.29) is 17.0 Å². The Hall–Kier alpha value is -3.06. The van der Waals surface area contributed by atoms with Gasteiger partial charge in [0.2, 0.25) is 0 Å². The second-order valence-corrected chi connectivity index (χ2v) is 4.81. The van der Waals surface area contributed by atoms with Crippen molar-refractivity contribution in [2.45, 2.75) is 6.92 Å². The summed E-state index contributed by atoms with van der Waals surface area (Å²) in [4.78, 5) is 23.5. The minimum absolute atomic E-state index is 0.0279. The lowest BCUT2D eigenvalue weighted by atomic mass is 10.1. The monoisotopic (exact) mass is 329 g/mol. The first-order chi connectivity index (χ1) is 11.6. The van der Waals surface area contributed by atoms with E-state index in [4.69, 9.17) is 5.21 Å². The number of halogens is 1. The number of hydrogen-bond donors (Lipinski definition) is 2. The second-order valence-electron chi connectivity index (χ2n) is 4.81. The first kappa shape index (κ1) is 17.3. The van der Waals surface area contributed by atoms with Gasteiger partial charge in [-0.25, -0.2) is 14.9 Å². The van der Waals surface area contributed by atoms with E-state index in [1.54, 1.807) is 37.3 Å². The molecule has 0 saturated heterocycles. The molecule has 0 fully saturated rings. The third-order valence-corrected chi connectivity index (χ3v) is 3.26. The number of carbonyl (C=O) groups excluding carboxylic acids is 2. The van der Waals surface area contributed by atoms with Gasteiger partial charge < -0.3 is 0 Å². The van der Waals surface area contributed by atoms with Gasteiger partial charge in [0.15, 0.2) is 0 Å². The summed E-state index contributed by atoms with van der Waals surface area (Å²) in [6.45, 7) is 2.07. The molecule has 0 bridgehead atoms. The van der Waals surface area contributed by atoms with Gasteiger partial charge >= 0.3 is 0 Å². The van der Waals surface area contributed by atoms with Crippen LogP contribution in [0.15, 0.2) is 53.6 Å². The maximum Gasteiger partial charge on any atom is 0.274 e. The molecule has 0 heterocycles. The third kappa shape index (κ3) is 4.02. The highest BCUT2D eigenvalue weighted by atomic mass is 19.1. The largest absolute Gasteiger partial charge is 0.288 e. The topological polar surface area (TPSA) is 82.0 Å². The lowest BCUT2D eigenvalue weighted by Gasteiger charge is -2.14. The normalized spacial score (nSPS) is 10.6. The van der Waals surface area contributed by atoms with Crippen LogP contribution in [-0.2, 0) is 0 Å². The minimum Gasteiger partial charge on any atom is -0.288 e. The van der Waals surface area contributed by atoms with Crippen molar-refractivity contribution >= 4 is 18.0 Å². The predicted molar refractivity (Wildman–Crippen MR) is 86.4 cm³/mol. The zero-order chi connectivity index (χ0) is 17.5. The van der Waals surface area contributed by atoms with Crippen LogP contribution >= 0.6 is 0 Å². The van der Waals surface area contributed by atoms with E-state index in [9.17, 15) is 14.0 Å². The van der Waals surface area contributed by atoms with E-state index in [0.29, 0.717) is 12.1 Å². The van der Waals surface area contributed by atoms with Crippen molar-refractivity contribution < 1.29 is 19.2 Å². The van der Waals surface area contributed by atoms with Crippen molar-refractivity contribution in [3.63, 3.8) is 0 Å². The number of nitrogens with zero attached hydrogens (tertiary/aromatic N) is 2. The van der Waals surface area contributed by atoms with Crippen LogP contribution in [0.3, 0.4) is 0 Å². The van der Waals surface area contributed by atoms with Crippen molar-refractivity contribution in [3.8, 4) is 0 Å². The molecule has 0 saturated carbocycles. The molecular weight excluding hydrogens is 313 g/mol. The number of rotatable bonds is 5. The van der Waals surface area contributed by atoms with E-state index in [0.717, 1.165) is 6.07 Å². The summed E-state index contributed by atoms with van der Waals surface area (Å²) in [6, 6.07) is 12.3. The van der Waals surface area contributed by atoms with Crippen molar-refractivity contribution in [3.05, 3.63) is 71.0 Å². The van der Waals surface area contributed by atoms with Gasteiger partial charge in [-0.1, -0.05) is 18.2 Å². The van der Waals surface area contributed by atoms with Gasteiger partial charge in [0.25, 0.3) is 11.8 Å². The number of hydrogen-bond acceptors (Lipinski definition) is 4. The first-order valence-corrected chi connectivity index (χ1v) is 7.21. The highest BCUT2D eigenvalue weighted by Crippen LogP contribution is 2.10. The molecular formula is C17H16FN3O3. The zero-order valence-corrected chi connectivity index (χ0v) is 12.9. The van der Waals surface area contributed by atoms with Gasteiger partial charge in [0.1, 0.15) is 5.82 Å². The second kappa shape index (κ2) is 7.98. The summed E-state index contributed by atoms with van der Waals surface area (Å²) in [5.41, 5.74) is 1.99. The Balaban J connectivity index is 2.19. The van der Waals surface area contributed by atoms with Crippen LogP contribution < -0.4 is 5.48 Å². The zero-order valence-electron chi connectivity index (χ0n) is 12.9. The van der Waals surface area contributed by atoms with E-state index >= 15 is 0 Å². The van der Waals surface area contributed by atoms with Crippen LogP contribution in [0.5, 0.6) is 0 Å². The highest BCUT2D eigenvalue weighted by molar-refractivity contribution is 5.96. The molecule has 0 aliphatic heterocycles. The molecule has 0 aromatic heterocycles. The van der Waals surface area contributed by atoms with Gasteiger partial charge in [-0.05, 0) is 37.3 Å². The summed E-state index contributed by atoms with van der Waals surface area (Å²) in [5.74, 6) is -1.80. The maximum absolute atomic E-state index is 14.0. The Bertz CT molecular complexity index is 763. The highest BCUT2D eigenvalue weighted by Gasteiger charge is 2.13. The molecule has 0 spiro atoms. The molecule has 2 rings (SSSR count). The number of carbonyl (C=O) groups is 2. The molecule has 0 aliphatic carbocycles. The van der Waals surface area contributed by atoms with Crippen molar-refractivity contribution in [2.24, 2.45) is 5.10 Å². The van der Waals surface area contributed by atoms with Gasteiger partial charge in [-0.3, -0.25) is 14.8 Å². The molecule has 0 radical (unpaired) electrons. The average molecular weight is 329 g/mol. The molecule has 0 unspecified atom stereocenters. The van der Waals surface area contributed by atoms with E-state index in [1.807, 2.05) is 0 Å². The summed E-state index contributed by atoms with van der Waals surface area (Å²) in [5, 5.41) is 13.8. The van der Waals surface area contributed by atoms with Crippen LogP contribution in [0.25, 0.3) is 0 Å². The first-order valence-electron chi connectivity index (χ1n) is 7.21. The quantitative estimate of drug-likeness (QED) is 0.502. The van der Waals surface area contributed by atoms with Gasteiger partial charge in [-0.15, -0.1) is 0 Å². The smallest absolute Gasteiger partial charge is 0.274 e. The Morgan fingerprint density at radius 2 is 1.92 bits per heavy atom. The fraction of sp³-hybridized carbons (Fsp3) is 0.118. The van der Waals surface area contributed by atoms with Crippen LogP contribution in [0.1, 0.15) is 33.2 Å². The van der Waals surface area contributed by atoms with Gasteiger partial charge in [0, 0.05) is 23.2 Å². The maximum atomic E-state index is 14.0. The molecule has 2 aromatic rings. The van der Waals surface area contributed by atoms with Gasteiger partial charge in [-0.2, -0.15) is 5.10 Å². The summed E-state index contributed by atoms with van der Waals surface area (Å²) in [7, 11) is 0. The van der Waals surface area contributed by atoms with Crippen LogP contribution in [0, 0.1) is 5.82 Å². The Morgan fingerprint density at radius 1 is 1.21 bits per heavy atom. The Kier molecular flexibility index (Phi) is 5.75. The predicted octanol–water partition coefficient (Wildman–Crippen LogP) is 2.44. The standard InChI is InChI=1S/C17H16FN3O3/c1-2-21(17(23)12-6-4-3-5-7-12)19-11-14-9-8-13(10-15(14)18)16(22)20-24/h3-11,24H,2H2,1H3,(H,20,22). The molecule has 7 heteroatoms. The van der Waals surface area contributed by atoms with Gasteiger partial charge in [0.05, 0.1) is 6.21 Å². The van der Waals surface area contributed by atoms with E-state index in [1.165, 1.54) is 28.8 Å². The summed E-state index contributed by atoms with van der Waals surface area (Å²) in [6.07, 6.45) is 1.21. The van der Waals surface area contributed by atoms with E-state index < -0.39 is 11.7 Å². The lowest BCUT2D eigenvalue weighted by molar-refractivity contribution is 0.0705. The van der Waals surface area contributed by atoms with Crippen LogP contribution in [-0.4, -0.2) is 34.8 Å². The molecule has 2 amide bonds. The number of amides is 2. The molecule has 0 atom stereocenters. The lowest BCUT2D eigenvalue weighted by Crippen LogP contribution is -2.25. The number of hydrazone groups is 1. The number of benzene rings is 2. The van der Waals surface area contributed by atoms with E-state index in [2.05, 4.69) is 5.10 Å². The molecule has 2 N–H and O–H groups in total. The average Bonchev–Trinajstić information content (AvgIpc) is 2.63. The summed E-state index contributed by atoms with van der Waals surface area (Å²) >= 11 is 0. The fourth-order valence-electron chi connectivity index (χ4n) is 1.98. The minimum atomic E-state index is -0.813. The van der Waals surface area contributed by atoms with Crippen molar-refractivity contribution in [1.82, 2.24) is 10.5 Å². The van der Waals surface area contributed by atoms with Crippen molar-refractivity contribution in [2.75, 3.05) is 6.54 Å². The Morgan fingerprint density at radius 3 is 2.50 bits per heavy atom.